The van der Waals surface area contributed by atoms with Crippen molar-refractivity contribution in [2.24, 2.45) is 4.99 Å². The Balaban J connectivity index is 1.71. The van der Waals surface area contributed by atoms with Crippen LogP contribution in [0.25, 0.3) is 11.8 Å². The maximum atomic E-state index is 14.0. The van der Waals surface area contributed by atoms with Crippen molar-refractivity contribution < 1.29 is 14.3 Å². The highest BCUT2D eigenvalue weighted by atomic mass is 79.9. The minimum atomic E-state index is -0.693. The summed E-state index contributed by atoms with van der Waals surface area (Å²) >= 11 is 4.86. The molecule has 1 aliphatic heterocycles. The van der Waals surface area contributed by atoms with Crippen molar-refractivity contribution in [3.8, 4) is 11.4 Å². The van der Waals surface area contributed by atoms with E-state index in [0.29, 0.717) is 26.4 Å². The second-order valence-corrected chi connectivity index (χ2v) is 11.1. The van der Waals surface area contributed by atoms with E-state index in [1.165, 1.54) is 11.3 Å². The molecular weight excluding hydrogens is 578 g/mol. The number of carbonyl (C=O) groups is 1. The maximum absolute atomic E-state index is 14.0. The fraction of sp³-hybridized carbons (Fsp3) is 0.233. The minimum Gasteiger partial charge on any atom is -0.496 e. The van der Waals surface area contributed by atoms with Crippen LogP contribution in [0.4, 0.5) is 0 Å². The van der Waals surface area contributed by atoms with Gasteiger partial charge in [0.15, 0.2) is 4.80 Å². The lowest BCUT2D eigenvalue weighted by atomic mass is 9.96. The fourth-order valence-electron chi connectivity index (χ4n) is 5.01. The quantitative estimate of drug-likeness (QED) is 0.291. The Labute approximate surface area is 238 Å². The van der Waals surface area contributed by atoms with Gasteiger partial charge in [-0.1, -0.05) is 35.6 Å². The summed E-state index contributed by atoms with van der Waals surface area (Å²) in [6.07, 6.45) is 1.91. The molecule has 9 heteroatoms. The zero-order valence-electron chi connectivity index (χ0n) is 22.3. The van der Waals surface area contributed by atoms with Gasteiger partial charge in [0.25, 0.3) is 5.56 Å². The van der Waals surface area contributed by atoms with E-state index in [-0.39, 0.29) is 12.2 Å². The molecule has 3 heterocycles. The molecule has 0 bridgehead atoms. The number of thiazole rings is 1. The summed E-state index contributed by atoms with van der Waals surface area (Å²) in [6, 6.07) is 17.0. The maximum Gasteiger partial charge on any atom is 0.338 e. The molecular formula is C30H28BrN3O4S. The lowest BCUT2D eigenvalue weighted by Crippen LogP contribution is -2.40. The Hall–Kier alpha value is -3.69. The molecule has 2 aromatic carbocycles. The van der Waals surface area contributed by atoms with Crippen LogP contribution in [0.1, 0.15) is 42.4 Å². The molecule has 0 fully saturated rings. The van der Waals surface area contributed by atoms with Gasteiger partial charge in [0.1, 0.15) is 5.75 Å². The van der Waals surface area contributed by atoms with Crippen molar-refractivity contribution in [1.82, 2.24) is 9.13 Å². The minimum absolute atomic E-state index is 0.213. The SMILES string of the molecule is CCOC(=O)C1=C(C)N=c2s/c(=C/c3cc(C)n(-c4ccccc4)c3C)c(=O)n2[C@H]1c1ccc(OC)c(Br)c1. The number of para-hydroxylation sites is 1. The van der Waals surface area contributed by atoms with Crippen LogP contribution in [0.5, 0.6) is 5.75 Å². The van der Waals surface area contributed by atoms with Crippen LogP contribution in [-0.4, -0.2) is 28.8 Å². The number of aromatic nitrogens is 2. The number of hydrogen-bond donors (Lipinski definition) is 0. The Morgan fingerprint density at radius 2 is 1.87 bits per heavy atom. The number of allylic oxidation sites excluding steroid dienone is 1. The van der Waals surface area contributed by atoms with Gasteiger partial charge in [-0.15, -0.1) is 0 Å². The van der Waals surface area contributed by atoms with Crippen LogP contribution in [0, 0.1) is 13.8 Å². The third-order valence-corrected chi connectivity index (χ3v) is 8.38. The number of fused-ring (bicyclic) bond motifs is 1. The summed E-state index contributed by atoms with van der Waals surface area (Å²) in [5, 5.41) is 0. The summed E-state index contributed by atoms with van der Waals surface area (Å²) in [4.78, 5) is 32.3. The molecule has 0 spiro atoms. The number of esters is 1. The number of aryl methyl sites for hydroxylation is 1. The molecule has 7 nitrogen and oxygen atoms in total. The average molecular weight is 607 g/mol. The molecule has 39 heavy (non-hydrogen) atoms. The van der Waals surface area contributed by atoms with E-state index in [1.54, 1.807) is 25.5 Å². The first kappa shape index (κ1) is 26.9. The van der Waals surface area contributed by atoms with Crippen molar-refractivity contribution in [2.75, 3.05) is 13.7 Å². The van der Waals surface area contributed by atoms with Crippen LogP contribution in [0.2, 0.25) is 0 Å². The predicted octanol–water partition coefficient (Wildman–Crippen LogP) is 4.98. The number of benzene rings is 2. The molecule has 0 saturated carbocycles. The number of halogens is 1. The number of rotatable bonds is 6. The van der Waals surface area contributed by atoms with Crippen molar-refractivity contribution in [1.29, 1.82) is 0 Å². The third-order valence-electron chi connectivity index (χ3n) is 6.78. The first-order valence-corrected chi connectivity index (χ1v) is 14.1. The lowest BCUT2D eigenvalue weighted by Gasteiger charge is -2.25. The molecule has 4 aromatic rings. The highest BCUT2D eigenvalue weighted by Gasteiger charge is 2.33. The number of nitrogens with zero attached hydrogens (tertiary/aromatic N) is 3. The van der Waals surface area contributed by atoms with Gasteiger partial charge in [-0.3, -0.25) is 9.36 Å². The smallest absolute Gasteiger partial charge is 0.338 e. The molecule has 0 unspecified atom stereocenters. The molecule has 0 N–H and O–H groups in total. The Morgan fingerprint density at radius 3 is 2.54 bits per heavy atom. The predicted molar refractivity (Wildman–Crippen MR) is 156 cm³/mol. The van der Waals surface area contributed by atoms with Crippen LogP contribution < -0.4 is 19.6 Å². The van der Waals surface area contributed by atoms with Crippen LogP contribution in [0.15, 0.2) is 80.1 Å². The molecule has 0 amide bonds. The topological polar surface area (TPSA) is 74.8 Å². The molecule has 0 radical (unpaired) electrons. The molecule has 1 aliphatic rings. The molecule has 0 saturated heterocycles. The van der Waals surface area contributed by atoms with Gasteiger partial charge in [-0.2, -0.15) is 0 Å². The Morgan fingerprint density at radius 1 is 1.13 bits per heavy atom. The third kappa shape index (κ3) is 4.81. The second kappa shape index (κ2) is 10.8. The van der Waals surface area contributed by atoms with Gasteiger partial charge in [0.2, 0.25) is 0 Å². The van der Waals surface area contributed by atoms with Gasteiger partial charge >= 0.3 is 5.97 Å². The van der Waals surface area contributed by atoms with E-state index in [4.69, 9.17) is 9.47 Å². The van der Waals surface area contributed by atoms with Crippen LogP contribution in [-0.2, 0) is 9.53 Å². The molecule has 0 aliphatic carbocycles. The Kier molecular flexibility index (Phi) is 7.46. The number of methoxy groups -OCH3 is 1. The lowest BCUT2D eigenvalue weighted by molar-refractivity contribution is -0.139. The summed E-state index contributed by atoms with van der Waals surface area (Å²) in [6.45, 7) is 7.85. The van der Waals surface area contributed by atoms with E-state index in [9.17, 15) is 9.59 Å². The Bertz CT molecular complexity index is 1800. The summed E-state index contributed by atoms with van der Waals surface area (Å²) in [5.74, 6) is 0.162. The second-order valence-electron chi connectivity index (χ2n) is 9.19. The van der Waals surface area contributed by atoms with Gasteiger partial charge in [-0.25, -0.2) is 9.79 Å². The zero-order chi connectivity index (χ0) is 27.8. The number of hydrogen-bond acceptors (Lipinski definition) is 6. The van der Waals surface area contributed by atoms with Gasteiger partial charge in [0.05, 0.1) is 40.0 Å². The van der Waals surface area contributed by atoms with Gasteiger partial charge < -0.3 is 14.0 Å². The summed E-state index contributed by atoms with van der Waals surface area (Å²) < 4.78 is 15.8. The monoisotopic (exact) mass is 605 g/mol. The normalized spacial score (nSPS) is 15.2. The first-order valence-electron chi connectivity index (χ1n) is 12.5. The molecule has 200 valence electrons. The highest BCUT2D eigenvalue weighted by molar-refractivity contribution is 9.10. The fourth-order valence-corrected chi connectivity index (χ4v) is 6.60. The van der Waals surface area contributed by atoms with Crippen molar-refractivity contribution >= 4 is 39.3 Å². The van der Waals surface area contributed by atoms with Crippen LogP contribution in [0.3, 0.4) is 0 Å². The largest absolute Gasteiger partial charge is 0.496 e. The standard InChI is InChI=1S/C30H28BrN3O4S/c1-6-38-29(36)26-18(3)32-30-34(27(26)20-12-13-24(37-5)23(31)15-20)28(35)25(39-30)16-21-14-17(2)33(19(21)4)22-10-8-7-9-11-22/h7-16,27H,6H2,1-5H3/b25-16+/t27-/m0/s1. The summed E-state index contributed by atoms with van der Waals surface area (Å²) in [7, 11) is 1.59. The summed E-state index contributed by atoms with van der Waals surface area (Å²) in [5.41, 5.74) is 5.52. The first-order chi connectivity index (χ1) is 18.7. The molecule has 5 rings (SSSR count). The highest BCUT2D eigenvalue weighted by Crippen LogP contribution is 2.35. The van der Waals surface area contributed by atoms with E-state index in [2.05, 4.69) is 50.6 Å². The van der Waals surface area contributed by atoms with Crippen molar-refractivity contribution in [3.05, 3.63) is 113 Å². The average Bonchev–Trinajstić information content (AvgIpc) is 3.37. The van der Waals surface area contributed by atoms with E-state index < -0.39 is 12.0 Å². The van der Waals surface area contributed by atoms with Gasteiger partial charge in [-0.05, 0) is 91.2 Å². The van der Waals surface area contributed by atoms with E-state index in [1.807, 2.05) is 49.4 Å². The van der Waals surface area contributed by atoms with Crippen LogP contribution >= 0.6 is 27.3 Å². The van der Waals surface area contributed by atoms with Crippen molar-refractivity contribution in [3.63, 3.8) is 0 Å². The van der Waals surface area contributed by atoms with E-state index in [0.717, 1.165) is 32.7 Å². The zero-order valence-corrected chi connectivity index (χ0v) is 24.7. The number of carbonyl (C=O) groups excluding carboxylic acids is 1. The van der Waals surface area contributed by atoms with Crippen molar-refractivity contribution in [2.45, 2.75) is 33.7 Å². The van der Waals surface area contributed by atoms with E-state index >= 15 is 0 Å². The molecule has 1 atom stereocenters. The molecule has 2 aromatic heterocycles. The number of ether oxygens (including phenoxy) is 2. The van der Waals surface area contributed by atoms with Gasteiger partial charge in [0, 0.05) is 17.1 Å².